The van der Waals surface area contributed by atoms with Gasteiger partial charge in [0.25, 0.3) is 0 Å². The smallest absolute Gasteiger partial charge is 0.306 e. The van der Waals surface area contributed by atoms with Gasteiger partial charge in [0.2, 0.25) is 0 Å². The maximum absolute atomic E-state index is 12.9. The molecule has 0 N–H and O–H groups in total. The van der Waals surface area contributed by atoms with Crippen molar-refractivity contribution in [3.8, 4) is 0 Å². The summed E-state index contributed by atoms with van der Waals surface area (Å²) in [4.78, 5) is 38.3. The highest BCUT2D eigenvalue weighted by Crippen LogP contribution is 2.17. The Morgan fingerprint density at radius 3 is 0.824 bits per heavy atom. The van der Waals surface area contributed by atoms with Gasteiger partial charge in [0.05, 0.1) is 0 Å². The minimum atomic E-state index is -0.773. The minimum absolute atomic E-state index is 0.0707. The molecule has 0 bridgehead atoms. The predicted molar refractivity (Wildman–Crippen MR) is 321 cm³/mol. The molecule has 1 unspecified atom stereocenters. The summed E-state index contributed by atoms with van der Waals surface area (Å²) in [6, 6.07) is 0. The van der Waals surface area contributed by atoms with E-state index < -0.39 is 6.10 Å². The number of esters is 3. The molecule has 0 aromatic heterocycles. The number of hydrogen-bond donors (Lipinski definition) is 0. The lowest BCUT2D eigenvalue weighted by atomic mass is 10.0. The van der Waals surface area contributed by atoms with Crippen molar-refractivity contribution in [2.24, 2.45) is 0 Å². The highest BCUT2D eigenvalue weighted by atomic mass is 16.6. The largest absolute Gasteiger partial charge is 0.462 e. The van der Waals surface area contributed by atoms with Crippen molar-refractivity contribution in [3.63, 3.8) is 0 Å². The fourth-order valence-corrected chi connectivity index (χ4v) is 9.47. The molecule has 0 rings (SSSR count). The summed E-state index contributed by atoms with van der Waals surface area (Å²) in [6.45, 7) is 6.57. The van der Waals surface area contributed by atoms with Crippen molar-refractivity contribution in [2.45, 2.75) is 341 Å². The monoisotopic (exact) mass is 1030 g/mol. The zero-order valence-corrected chi connectivity index (χ0v) is 49.4. The average Bonchev–Trinajstić information content (AvgIpc) is 3.40. The summed E-state index contributed by atoms with van der Waals surface area (Å²) in [5.74, 6) is -0.856. The lowest BCUT2D eigenvalue weighted by Gasteiger charge is -2.18. The first-order valence-corrected chi connectivity index (χ1v) is 32.3. The van der Waals surface area contributed by atoms with E-state index in [0.717, 1.165) is 96.3 Å². The van der Waals surface area contributed by atoms with Crippen LogP contribution >= 0.6 is 0 Å². The van der Waals surface area contributed by atoms with Crippen LogP contribution in [0.25, 0.3) is 0 Å². The van der Waals surface area contributed by atoms with E-state index in [2.05, 4.69) is 81.5 Å². The zero-order chi connectivity index (χ0) is 53.6. The molecule has 0 heterocycles. The molecular weight excluding hydrogens is 913 g/mol. The average molecular weight is 1040 g/mol. The van der Waals surface area contributed by atoms with Gasteiger partial charge >= 0.3 is 17.9 Å². The summed E-state index contributed by atoms with van der Waals surface area (Å²) in [5.41, 5.74) is 0. The first-order valence-electron chi connectivity index (χ1n) is 32.3. The number of hydrogen-bond acceptors (Lipinski definition) is 6. The Hall–Kier alpha value is -2.89. The van der Waals surface area contributed by atoms with Crippen molar-refractivity contribution in [2.75, 3.05) is 13.2 Å². The zero-order valence-electron chi connectivity index (χ0n) is 49.4. The molecule has 0 aliphatic carbocycles. The van der Waals surface area contributed by atoms with Crippen molar-refractivity contribution >= 4 is 17.9 Å². The van der Waals surface area contributed by atoms with Crippen molar-refractivity contribution in [3.05, 3.63) is 60.8 Å². The number of carbonyl (C=O) groups is 3. The molecule has 0 aliphatic rings. The molecule has 0 saturated heterocycles. The number of allylic oxidation sites excluding steroid dienone is 10. The number of carbonyl (C=O) groups excluding carboxylic acids is 3. The molecular formula is C68H122O6. The molecule has 0 aromatic rings. The second-order valence-corrected chi connectivity index (χ2v) is 21.7. The highest BCUT2D eigenvalue weighted by molar-refractivity contribution is 5.71. The second kappa shape index (κ2) is 62.6. The molecule has 6 nitrogen and oxygen atoms in total. The Balaban J connectivity index is 4.27. The number of rotatable bonds is 59. The van der Waals surface area contributed by atoms with E-state index in [-0.39, 0.29) is 31.1 Å². The molecule has 1 atom stereocenters. The third kappa shape index (κ3) is 60.0. The van der Waals surface area contributed by atoms with Crippen LogP contribution in [0.1, 0.15) is 335 Å². The van der Waals surface area contributed by atoms with Crippen molar-refractivity contribution in [1.29, 1.82) is 0 Å². The Morgan fingerprint density at radius 1 is 0.284 bits per heavy atom. The van der Waals surface area contributed by atoms with Crippen LogP contribution in [-0.2, 0) is 28.6 Å². The summed E-state index contributed by atoms with van der Waals surface area (Å²) < 4.78 is 16.9. The van der Waals surface area contributed by atoms with Crippen LogP contribution in [-0.4, -0.2) is 37.2 Å². The van der Waals surface area contributed by atoms with E-state index in [1.54, 1.807) is 0 Å². The van der Waals surface area contributed by atoms with Gasteiger partial charge in [-0.05, 0) is 64.2 Å². The van der Waals surface area contributed by atoms with Crippen LogP contribution in [0.4, 0.5) is 0 Å². The van der Waals surface area contributed by atoms with Crippen molar-refractivity contribution in [1.82, 2.24) is 0 Å². The normalized spacial score (nSPS) is 12.4. The standard InChI is InChI=1S/C68H122O6/c1-4-7-10-13-16-19-22-25-27-29-31-32-33-34-35-36-38-39-41-43-46-49-52-55-58-61-67(70)73-64-65(63-72-66(69)60-57-54-51-48-45-24-21-18-15-12-9-6-3)74-68(71)62-59-56-53-50-47-44-42-40-37-30-28-26-23-20-17-14-11-8-5-2/h7,10,16,19,25,27,31-32,34-35,65H,4-6,8-9,11-15,17-18,20-24,26,28-30,33,36-64H2,1-3H3/b10-7-,19-16-,27-25-,32-31-,35-34-. The van der Waals surface area contributed by atoms with Crippen LogP contribution in [0.2, 0.25) is 0 Å². The van der Waals surface area contributed by atoms with Gasteiger partial charge in [-0.1, -0.05) is 313 Å². The van der Waals surface area contributed by atoms with Gasteiger partial charge in [0.1, 0.15) is 13.2 Å². The third-order valence-corrected chi connectivity index (χ3v) is 14.3. The lowest BCUT2D eigenvalue weighted by Crippen LogP contribution is -2.30. The third-order valence-electron chi connectivity index (χ3n) is 14.3. The fraction of sp³-hybridized carbons (Fsp3) is 0.809. The van der Waals surface area contributed by atoms with Gasteiger partial charge < -0.3 is 14.2 Å². The molecule has 0 aromatic carbocycles. The Morgan fingerprint density at radius 2 is 0.527 bits per heavy atom. The molecule has 74 heavy (non-hydrogen) atoms. The fourth-order valence-electron chi connectivity index (χ4n) is 9.47. The molecule has 0 spiro atoms. The molecule has 0 saturated carbocycles. The van der Waals surface area contributed by atoms with E-state index in [4.69, 9.17) is 14.2 Å². The summed E-state index contributed by atoms with van der Waals surface area (Å²) in [7, 11) is 0. The molecule has 0 radical (unpaired) electrons. The van der Waals surface area contributed by atoms with Gasteiger partial charge in [0.15, 0.2) is 6.10 Å². The van der Waals surface area contributed by atoms with E-state index >= 15 is 0 Å². The quantitative estimate of drug-likeness (QED) is 0.0261. The van der Waals surface area contributed by atoms with Crippen LogP contribution in [0.15, 0.2) is 60.8 Å². The molecule has 6 heteroatoms. The van der Waals surface area contributed by atoms with Gasteiger partial charge in [-0.15, -0.1) is 0 Å². The Kier molecular flexibility index (Phi) is 60.2. The Labute approximate surface area is 460 Å². The molecule has 430 valence electrons. The first-order chi connectivity index (χ1) is 36.5. The summed E-state index contributed by atoms with van der Waals surface area (Å²) >= 11 is 0. The molecule has 0 aliphatic heterocycles. The number of unbranched alkanes of at least 4 members (excludes halogenated alkanes) is 38. The van der Waals surface area contributed by atoms with Crippen LogP contribution in [0.3, 0.4) is 0 Å². The van der Waals surface area contributed by atoms with Gasteiger partial charge in [-0.2, -0.15) is 0 Å². The number of ether oxygens (including phenoxy) is 3. The van der Waals surface area contributed by atoms with E-state index in [1.807, 2.05) is 0 Å². The van der Waals surface area contributed by atoms with Crippen LogP contribution in [0.5, 0.6) is 0 Å². The topological polar surface area (TPSA) is 78.9 Å². The van der Waals surface area contributed by atoms with E-state index in [0.29, 0.717) is 19.3 Å². The highest BCUT2D eigenvalue weighted by Gasteiger charge is 2.19. The SMILES string of the molecule is CC/C=C\C/C=C\C/C=C\C/C=C\C/C=C\CCCCCCCCCCCC(=O)OCC(COC(=O)CCCCCCCCCCCCCC)OC(=O)CCCCCCCCCCCCCCCCCCCCC. The van der Waals surface area contributed by atoms with Crippen molar-refractivity contribution < 1.29 is 28.6 Å². The summed E-state index contributed by atoms with van der Waals surface area (Å²) in [6.07, 6.45) is 79.4. The van der Waals surface area contributed by atoms with Gasteiger partial charge in [-0.25, -0.2) is 0 Å². The van der Waals surface area contributed by atoms with E-state index in [9.17, 15) is 14.4 Å². The predicted octanol–water partition coefficient (Wildman–Crippen LogP) is 21.9. The van der Waals surface area contributed by atoms with Crippen LogP contribution in [0, 0.1) is 0 Å². The minimum Gasteiger partial charge on any atom is -0.462 e. The molecule has 0 fully saturated rings. The Bertz CT molecular complexity index is 1330. The maximum Gasteiger partial charge on any atom is 0.306 e. The second-order valence-electron chi connectivity index (χ2n) is 21.7. The van der Waals surface area contributed by atoms with Crippen LogP contribution < -0.4 is 0 Å². The van der Waals surface area contributed by atoms with E-state index in [1.165, 1.54) is 199 Å². The van der Waals surface area contributed by atoms with Gasteiger partial charge in [-0.3, -0.25) is 14.4 Å². The lowest BCUT2D eigenvalue weighted by molar-refractivity contribution is -0.167. The van der Waals surface area contributed by atoms with Gasteiger partial charge in [0, 0.05) is 19.3 Å². The molecule has 0 amide bonds. The summed E-state index contributed by atoms with van der Waals surface area (Å²) in [5, 5.41) is 0. The first kappa shape index (κ1) is 71.1. The maximum atomic E-state index is 12.9.